The van der Waals surface area contributed by atoms with Gasteiger partial charge in [0.25, 0.3) is 0 Å². The molecule has 0 fully saturated rings. The summed E-state index contributed by atoms with van der Waals surface area (Å²) in [6, 6.07) is 13.9. The molecular weight excluding hydrogens is 310 g/mol. The lowest BCUT2D eigenvalue weighted by molar-refractivity contribution is 0.415. The Morgan fingerprint density at radius 2 is 1.76 bits per heavy atom. The monoisotopic (exact) mass is 329 g/mol. The summed E-state index contributed by atoms with van der Waals surface area (Å²) in [5.41, 5.74) is 3.71. The number of aryl methyl sites for hydroxylation is 1. The fourth-order valence-corrected chi connectivity index (χ4v) is 3.06. The van der Waals surface area contributed by atoms with Gasteiger partial charge in [-0.25, -0.2) is 15.0 Å². The molecule has 3 aromatic rings. The largest absolute Gasteiger partial charge is 0.497 e. The van der Waals surface area contributed by atoms with Gasteiger partial charge >= 0.3 is 0 Å². The van der Waals surface area contributed by atoms with E-state index in [9.17, 15) is 0 Å². The second-order valence-corrected chi connectivity index (χ2v) is 6.08. The van der Waals surface area contributed by atoms with E-state index in [4.69, 9.17) is 14.7 Å². The zero-order valence-electron chi connectivity index (χ0n) is 14.4. The Labute approximate surface area is 146 Å². The van der Waals surface area contributed by atoms with Crippen LogP contribution in [0.4, 0.5) is 0 Å². The quantitative estimate of drug-likeness (QED) is 0.741. The van der Waals surface area contributed by atoms with Crippen molar-refractivity contribution in [1.29, 1.82) is 0 Å². The lowest BCUT2D eigenvalue weighted by atomic mass is 10.0. The van der Waals surface area contributed by atoms with E-state index in [1.54, 1.807) is 7.11 Å². The number of pyridine rings is 1. The fraction of sp³-hybridized carbons (Fsp3) is 0.190. The molecule has 0 saturated carbocycles. The Balaban J connectivity index is 1.98. The predicted octanol–water partition coefficient (Wildman–Crippen LogP) is 2.88. The molecule has 4 heteroatoms. The molecule has 124 valence electrons. The zero-order chi connectivity index (χ0) is 17.2. The maximum Gasteiger partial charge on any atom is 0.179 e. The molecule has 1 aromatic carbocycles. The molecule has 0 N–H and O–H groups in total. The van der Waals surface area contributed by atoms with E-state index in [0.717, 1.165) is 51.8 Å². The van der Waals surface area contributed by atoms with Gasteiger partial charge in [-0.05, 0) is 44.0 Å². The molecule has 4 rings (SSSR count). The third-order valence-electron chi connectivity index (χ3n) is 4.29. The molecule has 0 bridgehead atoms. The first-order valence-corrected chi connectivity index (χ1v) is 8.41. The summed E-state index contributed by atoms with van der Waals surface area (Å²) >= 11 is 0. The predicted molar refractivity (Wildman–Crippen MR) is 99.4 cm³/mol. The van der Waals surface area contributed by atoms with Crippen molar-refractivity contribution in [2.45, 2.75) is 19.8 Å². The summed E-state index contributed by atoms with van der Waals surface area (Å²) in [6.07, 6.45) is 6.41. The Kier molecular flexibility index (Phi) is 4.02. The lowest BCUT2D eigenvalue weighted by Gasteiger charge is -2.10. The number of hydrogen-bond acceptors (Lipinski definition) is 4. The number of aromatic nitrogens is 3. The zero-order valence-corrected chi connectivity index (χ0v) is 14.4. The van der Waals surface area contributed by atoms with Gasteiger partial charge in [0.1, 0.15) is 11.4 Å². The van der Waals surface area contributed by atoms with E-state index in [2.05, 4.69) is 23.2 Å². The van der Waals surface area contributed by atoms with Crippen molar-refractivity contribution in [3.05, 3.63) is 58.7 Å². The van der Waals surface area contributed by atoms with E-state index in [-0.39, 0.29) is 0 Å². The summed E-state index contributed by atoms with van der Waals surface area (Å²) in [5, 5.41) is 2.08. The van der Waals surface area contributed by atoms with Crippen molar-refractivity contribution in [2.75, 3.05) is 7.11 Å². The molecular formula is C21H19N3O. The van der Waals surface area contributed by atoms with Gasteiger partial charge in [-0.15, -0.1) is 0 Å². The van der Waals surface area contributed by atoms with Crippen LogP contribution in [0.1, 0.15) is 18.5 Å². The number of rotatable bonds is 3. The molecule has 0 spiro atoms. The van der Waals surface area contributed by atoms with Crippen molar-refractivity contribution in [2.24, 2.45) is 0 Å². The van der Waals surface area contributed by atoms with Crippen molar-refractivity contribution >= 4 is 12.2 Å². The molecule has 1 aliphatic rings. The van der Waals surface area contributed by atoms with E-state index in [1.807, 2.05) is 43.3 Å². The number of hydrogen-bond donors (Lipinski definition) is 0. The minimum atomic E-state index is 0.659. The summed E-state index contributed by atoms with van der Waals surface area (Å²) in [7, 11) is 1.68. The first-order chi connectivity index (χ1) is 12.2. The van der Waals surface area contributed by atoms with Gasteiger partial charge in [0.2, 0.25) is 0 Å². The Morgan fingerprint density at radius 3 is 2.60 bits per heavy atom. The highest BCUT2D eigenvalue weighted by Gasteiger charge is 2.12. The highest BCUT2D eigenvalue weighted by molar-refractivity contribution is 5.66. The van der Waals surface area contributed by atoms with Crippen LogP contribution in [0.15, 0.2) is 42.5 Å². The summed E-state index contributed by atoms with van der Waals surface area (Å²) in [6.45, 7) is 1.98. The molecule has 2 aromatic heterocycles. The molecule has 2 heterocycles. The molecule has 0 aliphatic heterocycles. The van der Waals surface area contributed by atoms with Crippen LogP contribution < -0.4 is 15.3 Å². The van der Waals surface area contributed by atoms with Gasteiger partial charge in [-0.1, -0.05) is 30.4 Å². The molecule has 0 saturated heterocycles. The van der Waals surface area contributed by atoms with Crippen LogP contribution in [0.25, 0.3) is 34.9 Å². The van der Waals surface area contributed by atoms with Crippen molar-refractivity contribution in [3.63, 3.8) is 0 Å². The topological polar surface area (TPSA) is 47.9 Å². The normalized spacial score (nSPS) is 12.7. The smallest absolute Gasteiger partial charge is 0.179 e. The van der Waals surface area contributed by atoms with E-state index < -0.39 is 0 Å². The average molecular weight is 329 g/mol. The van der Waals surface area contributed by atoms with Gasteiger partial charge in [0, 0.05) is 16.5 Å². The first kappa shape index (κ1) is 15.5. The Morgan fingerprint density at radius 1 is 0.920 bits per heavy atom. The van der Waals surface area contributed by atoms with Crippen LogP contribution in [-0.4, -0.2) is 22.1 Å². The van der Waals surface area contributed by atoms with Gasteiger partial charge in [-0.3, -0.25) is 0 Å². The minimum absolute atomic E-state index is 0.659. The van der Waals surface area contributed by atoms with Gasteiger partial charge < -0.3 is 4.74 Å². The van der Waals surface area contributed by atoms with Crippen LogP contribution in [0.2, 0.25) is 0 Å². The minimum Gasteiger partial charge on any atom is -0.497 e. The number of methoxy groups -OCH3 is 1. The van der Waals surface area contributed by atoms with E-state index >= 15 is 0 Å². The number of fused-ring (bicyclic) bond motifs is 1. The van der Waals surface area contributed by atoms with Crippen molar-refractivity contribution in [3.8, 4) is 28.5 Å². The summed E-state index contributed by atoms with van der Waals surface area (Å²) < 4.78 is 5.38. The second kappa shape index (κ2) is 6.48. The molecule has 0 amide bonds. The third-order valence-corrected chi connectivity index (χ3v) is 4.29. The second-order valence-electron chi connectivity index (χ2n) is 6.08. The van der Waals surface area contributed by atoms with Gasteiger partial charge in [-0.2, -0.15) is 0 Å². The molecule has 25 heavy (non-hydrogen) atoms. The molecule has 0 radical (unpaired) electrons. The van der Waals surface area contributed by atoms with Crippen LogP contribution >= 0.6 is 0 Å². The molecule has 4 nitrogen and oxygen atoms in total. The average Bonchev–Trinajstić information content (AvgIpc) is 2.67. The molecule has 0 atom stereocenters. The highest BCUT2D eigenvalue weighted by Crippen LogP contribution is 2.21. The Bertz CT molecular complexity index is 1060. The number of benzene rings is 1. The van der Waals surface area contributed by atoms with Gasteiger partial charge in [0.15, 0.2) is 5.82 Å². The maximum atomic E-state index is 5.38. The van der Waals surface area contributed by atoms with Gasteiger partial charge in [0.05, 0.1) is 18.2 Å². The van der Waals surface area contributed by atoms with Crippen LogP contribution in [0, 0.1) is 6.92 Å². The third kappa shape index (κ3) is 3.03. The van der Waals surface area contributed by atoms with Crippen LogP contribution in [0.5, 0.6) is 5.75 Å². The molecule has 1 aliphatic carbocycles. The first-order valence-electron chi connectivity index (χ1n) is 8.41. The highest BCUT2D eigenvalue weighted by atomic mass is 16.5. The van der Waals surface area contributed by atoms with Crippen molar-refractivity contribution in [1.82, 2.24) is 15.0 Å². The van der Waals surface area contributed by atoms with E-state index in [1.165, 1.54) is 0 Å². The fourth-order valence-electron chi connectivity index (χ4n) is 3.06. The number of nitrogens with zero attached hydrogens (tertiary/aromatic N) is 3. The lowest BCUT2D eigenvalue weighted by Crippen LogP contribution is -2.33. The maximum absolute atomic E-state index is 5.38. The van der Waals surface area contributed by atoms with E-state index in [0.29, 0.717) is 5.82 Å². The number of ether oxygens (including phenoxy) is 1. The summed E-state index contributed by atoms with van der Waals surface area (Å²) in [5.74, 6) is 1.48. The molecule has 0 unspecified atom stereocenters. The van der Waals surface area contributed by atoms with Crippen molar-refractivity contribution < 1.29 is 4.74 Å². The van der Waals surface area contributed by atoms with Crippen LogP contribution in [-0.2, 0) is 0 Å². The Hall–Kier alpha value is -3.01. The standard InChI is InChI=1S/C21H19N3O/c1-14-7-5-12-19(22-14)21-23-18-11-4-3-10-17(18)20(24-21)15-8-6-9-16(13-15)25-2/h5-13H,3-4H2,1-2H3. The van der Waals surface area contributed by atoms with Crippen LogP contribution in [0.3, 0.4) is 0 Å². The summed E-state index contributed by atoms with van der Waals surface area (Å²) in [4.78, 5) is 14.2. The SMILES string of the molecule is COc1cccc(-c2nc(-c3cccc(C)n3)nc3c2=CCCC=3)c1.